The molecule has 0 bridgehead atoms. The Balaban J connectivity index is 2.27. The lowest BCUT2D eigenvalue weighted by molar-refractivity contribution is 0.433. The Bertz CT molecular complexity index is 814. The van der Waals surface area contributed by atoms with Gasteiger partial charge in [-0.25, -0.2) is 13.2 Å². The van der Waals surface area contributed by atoms with Gasteiger partial charge in [-0.3, -0.25) is 0 Å². The third-order valence-corrected chi connectivity index (χ3v) is 3.03. The molecule has 3 nitrogen and oxygen atoms in total. The van der Waals surface area contributed by atoms with E-state index in [4.69, 9.17) is 10.3 Å². The molecular weight excluding hydrogens is 281 g/mol. The monoisotopic (exact) mass is 290 g/mol. The van der Waals surface area contributed by atoms with E-state index in [2.05, 4.69) is 5.16 Å². The number of rotatable bonds is 2. The van der Waals surface area contributed by atoms with Gasteiger partial charge >= 0.3 is 0 Å². The second kappa shape index (κ2) is 4.97. The van der Waals surface area contributed by atoms with Crippen molar-refractivity contribution in [2.24, 2.45) is 0 Å². The van der Waals surface area contributed by atoms with E-state index in [-0.39, 0.29) is 28.3 Å². The van der Waals surface area contributed by atoms with Gasteiger partial charge < -0.3 is 10.3 Å². The molecular formula is C15H9F3N2O. The number of hydrogen-bond acceptors (Lipinski definition) is 3. The topological polar surface area (TPSA) is 52.0 Å². The number of benzene rings is 2. The first-order valence-electron chi connectivity index (χ1n) is 6.03. The maximum Gasteiger partial charge on any atom is 0.180 e. The van der Waals surface area contributed by atoms with Gasteiger partial charge in [0.25, 0.3) is 0 Å². The van der Waals surface area contributed by atoms with E-state index in [9.17, 15) is 13.2 Å². The Morgan fingerprint density at radius 3 is 2.38 bits per heavy atom. The second-order valence-electron chi connectivity index (χ2n) is 4.38. The standard InChI is InChI=1S/C15H9F3N2O/c16-8-5-6-12(18)10(7-8)14-13(15(19)20-21-14)9-3-1-2-4-11(9)17/h1-7H,(H2,19,20). The molecule has 0 atom stereocenters. The molecule has 6 heteroatoms. The van der Waals surface area contributed by atoms with E-state index in [1.54, 1.807) is 6.07 Å². The number of nitrogens with zero attached hydrogens (tertiary/aromatic N) is 1. The number of halogens is 3. The molecule has 0 aliphatic carbocycles. The Morgan fingerprint density at radius 1 is 0.905 bits per heavy atom. The number of anilines is 1. The summed E-state index contributed by atoms with van der Waals surface area (Å²) >= 11 is 0. The van der Waals surface area contributed by atoms with Gasteiger partial charge in [0.1, 0.15) is 17.5 Å². The summed E-state index contributed by atoms with van der Waals surface area (Å²) in [5.41, 5.74) is 5.71. The average molecular weight is 290 g/mol. The van der Waals surface area contributed by atoms with E-state index < -0.39 is 17.5 Å². The van der Waals surface area contributed by atoms with Gasteiger partial charge in [0, 0.05) is 5.56 Å². The molecule has 0 radical (unpaired) electrons. The van der Waals surface area contributed by atoms with Crippen molar-refractivity contribution in [2.75, 3.05) is 5.73 Å². The highest BCUT2D eigenvalue weighted by Gasteiger charge is 2.22. The van der Waals surface area contributed by atoms with Crippen LogP contribution in [-0.4, -0.2) is 5.16 Å². The van der Waals surface area contributed by atoms with E-state index in [1.165, 1.54) is 18.2 Å². The van der Waals surface area contributed by atoms with E-state index in [1.807, 2.05) is 0 Å². The second-order valence-corrected chi connectivity index (χ2v) is 4.38. The van der Waals surface area contributed by atoms with Gasteiger partial charge in [-0.2, -0.15) is 0 Å². The van der Waals surface area contributed by atoms with Crippen molar-refractivity contribution in [3.8, 4) is 22.5 Å². The normalized spacial score (nSPS) is 10.8. The molecule has 0 saturated carbocycles. The zero-order valence-electron chi connectivity index (χ0n) is 10.6. The summed E-state index contributed by atoms with van der Waals surface area (Å²) in [4.78, 5) is 0. The van der Waals surface area contributed by atoms with E-state index in [0.717, 1.165) is 18.2 Å². The van der Waals surface area contributed by atoms with Crippen molar-refractivity contribution in [3.63, 3.8) is 0 Å². The number of nitrogen functional groups attached to an aromatic ring is 1. The predicted molar refractivity (Wildman–Crippen MR) is 71.7 cm³/mol. The molecule has 0 aliphatic heterocycles. The molecule has 106 valence electrons. The van der Waals surface area contributed by atoms with Crippen molar-refractivity contribution in [1.29, 1.82) is 0 Å². The molecule has 3 rings (SSSR count). The summed E-state index contributed by atoms with van der Waals surface area (Å²) in [6, 6.07) is 8.66. The highest BCUT2D eigenvalue weighted by molar-refractivity contribution is 5.86. The van der Waals surface area contributed by atoms with Crippen molar-refractivity contribution in [2.45, 2.75) is 0 Å². The summed E-state index contributed by atoms with van der Waals surface area (Å²) in [6.45, 7) is 0. The lowest BCUT2D eigenvalue weighted by atomic mass is 10.0. The van der Waals surface area contributed by atoms with Crippen molar-refractivity contribution < 1.29 is 17.7 Å². The molecule has 21 heavy (non-hydrogen) atoms. The van der Waals surface area contributed by atoms with Crippen LogP contribution in [0.4, 0.5) is 19.0 Å². The van der Waals surface area contributed by atoms with Gasteiger partial charge in [0.15, 0.2) is 11.6 Å². The summed E-state index contributed by atoms with van der Waals surface area (Å²) in [7, 11) is 0. The fraction of sp³-hybridized carbons (Fsp3) is 0. The van der Waals surface area contributed by atoms with Crippen LogP contribution in [-0.2, 0) is 0 Å². The van der Waals surface area contributed by atoms with Crippen molar-refractivity contribution in [3.05, 3.63) is 59.9 Å². The summed E-state index contributed by atoms with van der Waals surface area (Å²) < 4.78 is 46.1. The first-order chi connectivity index (χ1) is 10.1. The van der Waals surface area contributed by atoms with Crippen LogP contribution in [0.1, 0.15) is 0 Å². The van der Waals surface area contributed by atoms with Crippen molar-refractivity contribution >= 4 is 5.82 Å². The van der Waals surface area contributed by atoms with Gasteiger partial charge in [0.05, 0.1) is 11.1 Å². The Kier molecular flexibility index (Phi) is 3.13. The fourth-order valence-electron chi connectivity index (χ4n) is 2.08. The van der Waals surface area contributed by atoms with Crippen LogP contribution in [0.25, 0.3) is 22.5 Å². The molecule has 0 amide bonds. The minimum Gasteiger partial charge on any atom is -0.380 e. The van der Waals surface area contributed by atoms with Gasteiger partial charge in [-0.05, 0) is 24.3 Å². The maximum absolute atomic E-state index is 13.9. The lowest BCUT2D eigenvalue weighted by Gasteiger charge is -2.05. The van der Waals surface area contributed by atoms with Gasteiger partial charge in [-0.1, -0.05) is 23.4 Å². The highest BCUT2D eigenvalue weighted by Crippen LogP contribution is 2.38. The molecule has 1 aromatic heterocycles. The molecule has 3 aromatic rings. The quantitative estimate of drug-likeness (QED) is 0.776. The van der Waals surface area contributed by atoms with E-state index >= 15 is 0 Å². The summed E-state index contributed by atoms with van der Waals surface area (Å²) in [6.07, 6.45) is 0. The van der Waals surface area contributed by atoms with Crippen LogP contribution in [0.5, 0.6) is 0 Å². The average Bonchev–Trinajstić information content (AvgIpc) is 2.84. The van der Waals surface area contributed by atoms with E-state index in [0.29, 0.717) is 0 Å². The molecule has 0 fully saturated rings. The van der Waals surface area contributed by atoms with Crippen LogP contribution in [0.15, 0.2) is 47.0 Å². The van der Waals surface area contributed by atoms with Crippen LogP contribution in [0.3, 0.4) is 0 Å². The SMILES string of the molecule is Nc1noc(-c2cc(F)ccc2F)c1-c1ccccc1F. The van der Waals surface area contributed by atoms with Crippen molar-refractivity contribution in [1.82, 2.24) is 5.16 Å². The zero-order valence-corrected chi connectivity index (χ0v) is 10.6. The number of aromatic nitrogens is 1. The van der Waals surface area contributed by atoms with Gasteiger partial charge in [-0.15, -0.1) is 0 Å². The fourth-order valence-corrected chi connectivity index (χ4v) is 2.08. The molecule has 1 heterocycles. The number of nitrogens with two attached hydrogens (primary N) is 1. The lowest BCUT2D eigenvalue weighted by Crippen LogP contribution is -1.93. The molecule has 0 aliphatic rings. The Hall–Kier alpha value is -2.76. The summed E-state index contributed by atoms with van der Waals surface area (Å²) in [5.74, 6) is -2.15. The molecule has 0 unspecified atom stereocenters. The first kappa shape index (κ1) is 13.2. The Morgan fingerprint density at radius 2 is 1.62 bits per heavy atom. The largest absolute Gasteiger partial charge is 0.380 e. The maximum atomic E-state index is 13.9. The molecule has 2 aromatic carbocycles. The van der Waals surface area contributed by atoms with Crippen LogP contribution < -0.4 is 5.73 Å². The van der Waals surface area contributed by atoms with Crippen LogP contribution >= 0.6 is 0 Å². The van der Waals surface area contributed by atoms with Gasteiger partial charge in [0.2, 0.25) is 0 Å². The first-order valence-corrected chi connectivity index (χ1v) is 6.03. The third-order valence-electron chi connectivity index (χ3n) is 3.03. The van der Waals surface area contributed by atoms with Crippen LogP contribution in [0.2, 0.25) is 0 Å². The molecule has 0 saturated heterocycles. The smallest absolute Gasteiger partial charge is 0.180 e. The minimum atomic E-state index is -0.717. The Labute approximate surface area is 117 Å². The zero-order chi connectivity index (χ0) is 15.0. The highest BCUT2D eigenvalue weighted by atomic mass is 19.1. The molecule has 2 N–H and O–H groups in total. The summed E-state index contributed by atoms with van der Waals surface area (Å²) in [5, 5.41) is 3.53. The third kappa shape index (κ3) is 2.24. The number of hydrogen-bond donors (Lipinski definition) is 1. The predicted octanol–water partition coefficient (Wildman–Crippen LogP) is 4.01. The molecule has 0 spiro atoms. The minimum absolute atomic E-state index is 0.0950. The van der Waals surface area contributed by atoms with Crippen LogP contribution in [0, 0.1) is 17.5 Å².